The maximum atomic E-state index is 12.0. The molecule has 0 radical (unpaired) electrons. The minimum Gasteiger partial charge on any atom is -0.481 e. The predicted octanol–water partition coefficient (Wildman–Crippen LogP) is 0.250. The summed E-state index contributed by atoms with van der Waals surface area (Å²) in [4.78, 5) is 26.9. The molecule has 0 spiro atoms. The molecule has 1 aliphatic rings. The van der Waals surface area contributed by atoms with E-state index in [2.05, 4.69) is 21.9 Å². The van der Waals surface area contributed by atoms with Gasteiger partial charge in [-0.1, -0.05) is 0 Å². The number of likely N-dealkylation sites (N-methyl/N-ethyl adjacent to an activating group) is 1. The number of rotatable bonds is 6. The summed E-state index contributed by atoms with van der Waals surface area (Å²) in [6.45, 7) is 4.24. The maximum absolute atomic E-state index is 12.0. The minimum atomic E-state index is -0.805. The lowest BCUT2D eigenvalue weighted by atomic mass is 10.2. The molecule has 0 aromatic carbocycles. The molecule has 2 rings (SSSR count). The Hall–Kier alpha value is -1.89. The number of aliphatic carboxylic acids is 1. The number of carboxylic acids is 1. The third kappa shape index (κ3) is 4.56. The molecule has 0 unspecified atom stereocenters. The van der Waals surface area contributed by atoms with Crippen LogP contribution >= 0.6 is 0 Å². The van der Waals surface area contributed by atoms with Gasteiger partial charge in [0.15, 0.2) is 0 Å². The highest BCUT2D eigenvalue weighted by molar-refractivity contribution is 5.66. The molecule has 1 aliphatic heterocycles. The van der Waals surface area contributed by atoms with Gasteiger partial charge in [-0.2, -0.15) is 5.10 Å². The quantitative estimate of drug-likeness (QED) is 0.758. The van der Waals surface area contributed by atoms with Crippen LogP contribution in [0.2, 0.25) is 0 Å². The molecule has 7 heteroatoms. The summed E-state index contributed by atoms with van der Waals surface area (Å²) < 4.78 is 1.40. The molecular weight excluding hydrogens is 272 g/mol. The van der Waals surface area contributed by atoms with Gasteiger partial charge in [0, 0.05) is 45.2 Å². The Balaban J connectivity index is 1.91. The van der Waals surface area contributed by atoms with Gasteiger partial charge in [-0.25, -0.2) is 4.68 Å². The standard InChI is InChI=1S/C14H22N4O3/c1-16-6-8-17(9-7-16)12-10-13(19)18(15-11-12)5-3-2-4-14(20)21/h10-11H,2-9H2,1H3,(H,20,21). The molecule has 21 heavy (non-hydrogen) atoms. The van der Waals surface area contributed by atoms with Crippen molar-refractivity contribution < 1.29 is 9.90 Å². The lowest BCUT2D eigenvalue weighted by Gasteiger charge is -2.33. The summed E-state index contributed by atoms with van der Waals surface area (Å²) in [7, 11) is 2.09. The second kappa shape index (κ2) is 7.21. The first-order valence-corrected chi connectivity index (χ1v) is 7.29. The van der Waals surface area contributed by atoms with Crippen LogP contribution in [0.3, 0.4) is 0 Å². The van der Waals surface area contributed by atoms with Gasteiger partial charge in [-0.3, -0.25) is 9.59 Å². The summed E-state index contributed by atoms with van der Waals surface area (Å²) in [5.41, 5.74) is 0.747. The van der Waals surface area contributed by atoms with Crippen LogP contribution in [0.1, 0.15) is 19.3 Å². The Morgan fingerprint density at radius 3 is 2.62 bits per heavy atom. The molecule has 1 aromatic rings. The van der Waals surface area contributed by atoms with Gasteiger partial charge in [-0.05, 0) is 19.9 Å². The zero-order chi connectivity index (χ0) is 15.2. The Morgan fingerprint density at radius 1 is 1.29 bits per heavy atom. The van der Waals surface area contributed by atoms with Gasteiger partial charge in [0.25, 0.3) is 5.56 Å². The van der Waals surface area contributed by atoms with Crippen molar-refractivity contribution >= 4 is 11.7 Å². The molecule has 1 N–H and O–H groups in total. The minimum absolute atomic E-state index is 0.123. The predicted molar refractivity (Wildman–Crippen MR) is 79.7 cm³/mol. The van der Waals surface area contributed by atoms with Crippen molar-refractivity contribution in [1.29, 1.82) is 0 Å². The Labute approximate surface area is 123 Å². The highest BCUT2D eigenvalue weighted by Gasteiger charge is 2.15. The zero-order valence-corrected chi connectivity index (χ0v) is 12.4. The Bertz CT molecular complexity index is 535. The molecule has 1 aromatic heterocycles. The fraction of sp³-hybridized carbons (Fsp3) is 0.643. The van der Waals surface area contributed by atoms with Gasteiger partial charge in [0.1, 0.15) is 0 Å². The molecular formula is C14H22N4O3. The highest BCUT2D eigenvalue weighted by atomic mass is 16.4. The Morgan fingerprint density at radius 2 is 2.00 bits per heavy atom. The van der Waals surface area contributed by atoms with Gasteiger partial charge in [0.05, 0.1) is 11.9 Å². The Kier molecular flexibility index (Phi) is 5.32. The molecule has 0 saturated carbocycles. The highest BCUT2D eigenvalue weighted by Crippen LogP contribution is 2.12. The summed E-state index contributed by atoms with van der Waals surface area (Å²) >= 11 is 0. The van der Waals surface area contributed by atoms with E-state index < -0.39 is 5.97 Å². The zero-order valence-electron chi connectivity index (χ0n) is 12.4. The molecule has 116 valence electrons. The summed E-state index contributed by atoms with van der Waals surface area (Å²) in [5, 5.41) is 12.8. The number of aryl methyl sites for hydroxylation is 1. The van der Waals surface area contributed by atoms with Crippen molar-refractivity contribution in [2.45, 2.75) is 25.8 Å². The third-order valence-corrected chi connectivity index (χ3v) is 3.73. The van der Waals surface area contributed by atoms with E-state index in [0.717, 1.165) is 31.9 Å². The van der Waals surface area contributed by atoms with Crippen molar-refractivity contribution in [1.82, 2.24) is 14.7 Å². The number of hydrogen-bond donors (Lipinski definition) is 1. The van der Waals surface area contributed by atoms with Crippen LogP contribution in [0.5, 0.6) is 0 Å². The van der Waals surface area contributed by atoms with Crippen LogP contribution in [-0.4, -0.2) is 59.0 Å². The first kappa shape index (κ1) is 15.5. The van der Waals surface area contributed by atoms with Crippen molar-refractivity contribution in [2.24, 2.45) is 0 Å². The number of hydrogen-bond acceptors (Lipinski definition) is 5. The molecule has 0 amide bonds. The van der Waals surface area contributed by atoms with Crippen LogP contribution in [0.25, 0.3) is 0 Å². The molecule has 1 saturated heterocycles. The van der Waals surface area contributed by atoms with E-state index >= 15 is 0 Å². The normalized spacial score (nSPS) is 16.1. The first-order chi connectivity index (χ1) is 10.1. The average molecular weight is 294 g/mol. The van der Waals surface area contributed by atoms with E-state index in [9.17, 15) is 9.59 Å². The second-order valence-electron chi connectivity index (χ2n) is 5.42. The van der Waals surface area contributed by atoms with Gasteiger partial charge >= 0.3 is 5.97 Å². The smallest absolute Gasteiger partial charge is 0.303 e. The van der Waals surface area contributed by atoms with Crippen molar-refractivity contribution in [3.63, 3.8) is 0 Å². The number of carboxylic acid groups (broad SMARTS) is 1. The fourth-order valence-corrected chi connectivity index (χ4v) is 2.37. The fourth-order valence-electron chi connectivity index (χ4n) is 2.37. The SMILES string of the molecule is CN1CCN(c2cnn(CCCCC(=O)O)c(=O)c2)CC1. The third-order valence-electron chi connectivity index (χ3n) is 3.73. The topological polar surface area (TPSA) is 78.7 Å². The monoisotopic (exact) mass is 294 g/mol. The largest absolute Gasteiger partial charge is 0.481 e. The van der Waals surface area contributed by atoms with E-state index in [1.807, 2.05) is 0 Å². The number of piperazine rings is 1. The molecule has 2 heterocycles. The van der Waals surface area contributed by atoms with E-state index in [1.54, 1.807) is 12.3 Å². The van der Waals surface area contributed by atoms with E-state index in [0.29, 0.717) is 19.4 Å². The average Bonchev–Trinajstić information content (AvgIpc) is 2.45. The molecule has 7 nitrogen and oxygen atoms in total. The van der Waals surface area contributed by atoms with E-state index in [4.69, 9.17) is 5.11 Å². The summed E-state index contributed by atoms with van der Waals surface area (Å²) in [6.07, 6.45) is 3.06. The van der Waals surface area contributed by atoms with Crippen LogP contribution in [0, 0.1) is 0 Å². The molecule has 0 bridgehead atoms. The molecule has 1 fully saturated rings. The van der Waals surface area contributed by atoms with Crippen LogP contribution in [0.15, 0.2) is 17.1 Å². The van der Waals surface area contributed by atoms with Gasteiger partial charge in [-0.15, -0.1) is 0 Å². The summed E-state index contributed by atoms with van der Waals surface area (Å²) in [5.74, 6) is -0.805. The number of anilines is 1. The van der Waals surface area contributed by atoms with E-state index in [-0.39, 0.29) is 12.0 Å². The van der Waals surface area contributed by atoms with Crippen LogP contribution in [-0.2, 0) is 11.3 Å². The van der Waals surface area contributed by atoms with Crippen molar-refractivity contribution in [3.05, 3.63) is 22.6 Å². The second-order valence-corrected chi connectivity index (χ2v) is 5.42. The van der Waals surface area contributed by atoms with Crippen LogP contribution in [0.4, 0.5) is 5.69 Å². The lowest BCUT2D eigenvalue weighted by Crippen LogP contribution is -2.45. The van der Waals surface area contributed by atoms with E-state index in [1.165, 1.54) is 4.68 Å². The number of unbranched alkanes of at least 4 members (excludes halogenated alkanes) is 1. The lowest BCUT2D eigenvalue weighted by molar-refractivity contribution is -0.137. The van der Waals surface area contributed by atoms with Crippen molar-refractivity contribution in [3.8, 4) is 0 Å². The van der Waals surface area contributed by atoms with Crippen molar-refractivity contribution in [2.75, 3.05) is 38.1 Å². The maximum Gasteiger partial charge on any atom is 0.303 e. The van der Waals surface area contributed by atoms with Gasteiger partial charge in [0.2, 0.25) is 0 Å². The number of carbonyl (C=O) groups is 1. The number of nitrogens with zero attached hydrogens (tertiary/aromatic N) is 4. The number of aromatic nitrogens is 2. The molecule has 0 atom stereocenters. The van der Waals surface area contributed by atoms with Crippen LogP contribution < -0.4 is 10.5 Å². The first-order valence-electron chi connectivity index (χ1n) is 7.29. The van der Waals surface area contributed by atoms with Gasteiger partial charge < -0.3 is 14.9 Å². The summed E-state index contributed by atoms with van der Waals surface area (Å²) in [6, 6.07) is 1.62. The molecule has 0 aliphatic carbocycles.